The number of benzene rings is 1. The van der Waals surface area contributed by atoms with Crippen molar-refractivity contribution < 1.29 is 17.6 Å². The van der Waals surface area contributed by atoms with E-state index in [1.807, 2.05) is 4.90 Å². The zero-order chi connectivity index (χ0) is 17.2. The zero-order valence-electron chi connectivity index (χ0n) is 13.9. The topological polar surface area (TPSA) is 69.7 Å². The van der Waals surface area contributed by atoms with Crippen molar-refractivity contribution in [1.82, 2.24) is 14.5 Å². The van der Waals surface area contributed by atoms with Crippen LogP contribution in [0.25, 0.3) is 0 Å². The molecule has 1 N–H and O–H groups in total. The van der Waals surface area contributed by atoms with E-state index >= 15 is 0 Å². The first kappa shape index (κ1) is 20.1. The summed E-state index contributed by atoms with van der Waals surface area (Å²) in [5.41, 5.74) is 0. The standard InChI is InChI=1S/C16H22FN3O3S.ClH/c17-14-3-5-15(6-4-14)24(22,23)20-9-1-2-13(12-20)16(21)19-10-7-18-8-11-19;/h3-6,13,18H,1-2,7-12H2;1H. The number of piperidine rings is 1. The number of hydrogen-bond acceptors (Lipinski definition) is 4. The summed E-state index contributed by atoms with van der Waals surface area (Å²) in [5, 5.41) is 3.20. The predicted octanol–water partition coefficient (Wildman–Crippen LogP) is 1.08. The van der Waals surface area contributed by atoms with Gasteiger partial charge in [-0.25, -0.2) is 12.8 Å². The Bertz CT molecular complexity index is 693. The number of carbonyl (C=O) groups excluding carboxylic acids is 1. The first-order valence-corrected chi connectivity index (χ1v) is 9.68. The highest BCUT2D eigenvalue weighted by Gasteiger charge is 2.35. The summed E-state index contributed by atoms with van der Waals surface area (Å²) in [7, 11) is -3.69. The molecule has 0 spiro atoms. The Balaban J connectivity index is 0.00000225. The molecule has 2 saturated heterocycles. The Hall–Kier alpha value is -1.22. The second-order valence-corrected chi connectivity index (χ2v) is 8.17. The van der Waals surface area contributed by atoms with E-state index in [0.29, 0.717) is 32.5 Å². The van der Waals surface area contributed by atoms with Gasteiger partial charge in [0.1, 0.15) is 5.82 Å². The minimum atomic E-state index is -3.69. The van der Waals surface area contributed by atoms with Crippen molar-refractivity contribution in [2.24, 2.45) is 5.92 Å². The summed E-state index contributed by atoms with van der Waals surface area (Å²) >= 11 is 0. The fourth-order valence-corrected chi connectivity index (χ4v) is 4.79. The van der Waals surface area contributed by atoms with E-state index < -0.39 is 15.8 Å². The van der Waals surface area contributed by atoms with Crippen molar-refractivity contribution in [1.29, 1.82) is 0 Å². The van der Waals surface area contributed by atoms with Gasteiger partial charge in [0.05, 0.1) is 10.8 Å². The number of halogens is 2. The van der Waals surface area contributed by atoms with E-state index in [1.54, 1.807) is 0 Å². The molecule has 2 aliphatic rings. The average Bonchev–Trinajstić information content (AvgIpc) is 2.62. The molecule has 1 unspecified atom stereocenters. The van der Waals surface area contributed by atoms with E-state index in [2.05, 4.69) is 5.32 Å². The van der Waals surface area contributed by atoms with E-state index in [9.17, 15) is 17.6 Å². The first-order chi connectivity index (χ1) is 11.5. The van der Waals surface area contributed by atoms with Gasteiger partial charge >= 0.3 is 0 Å². The molecule has 0 aliphatic carbocycles. The third-order valence-electron chi connectivity index (χ3n) is 4.61. The first-order valence-electron chi connectivity index (χ1n) is 8.24. The summed E-state index contributed by atoms with van der Waals surface area (Å²) < 4.78 is 39.8. The van der Waals surface area contributed by atoms with Gasteiger partial charge in [0.2, 0.25) is 15.9 Å². The van der Waals surface area contributed by atoms with Crippen molar-refractivity contribution in [3.63, 3.8) is 0 Å². The molecule has 1 aromatic carbocycles. The molecule has 25 heavy (non-hydrogen) atoms. The van der Waals surface area contributed by atoms with Gasteiger partial charge in [-0.15, -0.1) is 12.4 Å². The Labute approximate surface area is 153 Å². The maximum Gasteiger partial charge on any atom is 0.243 e. The Kier molecular flexibility index (Phi) is 6.79. The van der Waals surface area contributed by atoms with Crippen molar-refractivity contribution >= 4 is 28.3 Å². The molecule has 1 atom stereocenters. The molecule has 1 amide bonds. The van der Waals surface area contributed by atoms with E-state index in [-0.39, 0.29) is 35.7 Å². The molecule has 2 aliphatic heterocycles. The van der Waals surface area contributed by atoms with Gasteiger partial charge in [0.25, 0.3) is 0 Å². The highest BCUT2D eigenvalue weighted by atomic mass is 35.5. The number of carbonyl (C=O) groups is 1. The predicted molar refractivity (Wildman–Crippen MR) is 94.6 cm³/mol. The van der Waals surface area contributed by atoms with Gasteiger partial charge in [-0.1, -0.05) is 0 Å². The summed E-state index contributed by atoms with van der Waals surface area (Å²) in [5.74, 6) is -0.734. The van der Waals surface area contributed by atoms with Crippen LogP contribution in [0.3, 0.4) is 0 Å². The fourth-order valence-electron chi connectivity index (χ4n) is 3.26. The lowest BCUT2D eigenvalue weighted by molar-refractivity contribution is -0.137. The number of amides is 1. The van der Waals surface area contributed by atoms with Crippen LogP contribution >= 0.6 is 12.4 Å². The molecule has 6 nitrogen and oxygen atoms in total. The van der Waals surface area contributed by atoms with Gasteiger partial charge in [-0.05, 0) is 37.1 Å². The highest BCUT2D eigenvalue weighted by molar-refractivity contribution is 7.89. The van der Waals surface area contributed by atoms with Crippen molar-refractivity contribution in [3.8, 4) is 0 Å². The van der Waals surface area contributed by atoms with Gasteiger partial charge in [0.15, 0.2) is 0 Å². The summed E-state index contributed by atoms with van der Waals surface area (Å²) in [6.45, 7) is 3.47. The lowest BCUT2D eigenvalue weighted by Gasteiger charge is -2.35. The molecular formula is C16H23ClFN3O3S. The molecule has 0 bridgehead atoms. The molecule has 0 radical (unpaired) electrons. The quantitative estimate of drug-likeness (QED) is 0.837. The second-order valence-electron chi connectivity index (χ2n) is 6.23. The van der Waals surface area contributed by atoms with Crippen LogP contribution in [0.1, 0.15) is 12.8 Å². The lowest BCUT2D eigenvalue weighted by Crippen LogP contribution is -2.51. The van der Waals surface area contributed by atoms with Crippen LogP contribution in [0.4, 0.5) is 4.39 Å². The van der Waals surface area contributed by atoms with Crippen LogP contribution in [-0.2, 0) is 14.8 Å². The van der Waals surface area contributed by atoms with Crippen LogP contribution in [0, 0.1) is 11.7 Å². The Morgan fingerprint density at radius 2 is 1.76 bits per heavy atom. The minimum Gasteiger partial charge on any atom is -0.340 e. The fraction of sp³-hybridized carbons (Fsp3) is 0.562. The number of rotatable bonds is 3. The van der Waals surface area contributed by atoms with Crippen molar-refractivity contribution in [2.45, 2.75) is 17.7 Å². The van der Waals surface area contributed by atoms with E-state index in [1.165, 1.54) is 16.4 Å². The smallest absolute Gasteiger partial charge is 0.243 e. The van der Waals surface area contributed by atoms with Crippen LogP contribution in [0.15, 0.2) is 29.2 Å². The van der Waals surface area contributed by atoms with Gasteiger partial charge in [-0.3, -0.25) is 4.79 Å². The lowest BCUT2D eigenvalue weighted by atomic mass is 9.98. The number of sulfonamides is 1. The molecule has 2 heterocycles. The highest BCUT2D eigenvalue weighted by Crippen LogP contribution is 2.25. The van der Waals surface area contributed by atoms with Crippen LogP contribution in [0.2, 0.25) is 0 Å². The summed E-state index contributed by atoms with van der Waals surface area (Å²) in [6.07, 6.45) is 1.36. The average molecular weight is 392 g/mol. The molecule has 2 fully saturated rings. The molecule has 1 aromatic rings. The minimum absolute atomic E-state index is 0. The Morgan fingerprint density at radius 1 is 1.12 bits per heavy atom. The van der Waals surface area contributed by atoms with Crippen LogP contribution in [0.5, 0.6) is 0 Å². The summed E-state index contributed by atoms with van der Waals surface area (Å²) in [6, 6.07) is 4.82. The normalized spacial score (nSPS) is 22.3. The maximum atomic E-state index is 13.0. The summed E-state index contributed by atoms with van der Waals surface area (Å²) in [4.78, 5) is 14.5. The van der Waals surface area contributed by atoms with Crippen molar-refractivity contribution in [2.75, 3.05) is 39.3 Å². The van der Waals surface area contributed by atoms with Crippen LogP contribution in [-0.4, -0.2) is 62.8 Å². The molecule has 0 saturated carbocycles. The van der Waals surface area contributed by atoms with Gasteiger partial charge < -0.3 is 10.2 Å². The molecule has 0 aromatic heterocycles. The number of piperazine rings is 1. The molecule has 140 valence electrons. The van der Waals surface area contributed by atoms with Crippen LogP contribution < -0.4 is 5.32 Å². The molecule has 3 rings (SSSR count). The third kappa shape index (κ3) is 4.49. The van der Waals surface area contributed by atoms with E-state index in [0.717, 1.165) is 25.2 Å². The molecule has 9 heteroatoms. The zero-order valence-corrected chi connectivity index (χ0v) is 15.5. The van der Waals surface area contributed by atoms with Gasteiger partial charge in [-0.2, -0.15) is 4.31 Å². The van der Waals surface area contributed by atoms with Crippen molar-refractivity contribution in [3.05, 3.63) is 30.1 Å². The van der Waals surface area contributed by atoms with Gasteiger partial charge in [0, 0.05) is 39.3 Å². The second kappa shape index (κ2) is 8.44. The largest absolute Gasteiger partial charge is 0.340 e. The third-order valence-corrected chi connectivity index (χ3v) is 6.49. The number of hydrogen-bond donors (Lipinski definition) is 1. The van der Waals surface area contributed by atoms with E-state index in [4.69, 9.17) is 0 Å². The monoisotopic (exact) mass is 391 g/mol. The maximum absolute atomic E-state index is 13.0. The Morgan fingerprint density at radius 3 is 2.40 bits per heavy atom. The molecular weight excluding hydrogens is 369 g/mol. The number of nitrogens with zero attached hydrogens (tertiary/aromatic N) is 2. The SMILES string of the molecule is Cl.O=C(C1CCCN(S(=O)(=O)c2ccc(F)cc2)C1)N1CCNCC1. The number of nitrogens with one attached hydrogen (secondary N) is 1.